The molecule has 192 valence electrons. The number of aromatic nitrogens is 2. The third kappa shape index (κ3) is 4.76. The van der Waals surface area contributed by atoms with Gasteiger partial charge in [-0.15, -0.1) is 11.3 Å². The van der Waals surface area contributed by atoms with E-state index in [0.29, 0.717) is 38.1 Å². The molecule has 8 nitrogen and oxygen atoms in total. The van der Waals surface area contributed by atoms with Crippen molar-refractivity contribution in [3.8, 4) is 0 Å². The number of esters is 1. The maximum absolute atomic E-state index is 14.1. The van der Waals surface area contributed by atoms with Crippen LogP contribution < -0.4 is 5.32 Å². The Labute approximate surface area is 219 Å². The normalized spacial score (nSPS) is 18.1. The van der Waals surface area contributed by atoms with Crippen LogP contribution in [0.5, 0.6) is 0 Å². The Morgan fingerprint density at radius 3 is 2.86 bits per heavy atom. The van der Waals surface area contributed by atoms with Crippen molar-refractivity contribution >= 4 is 50.0 Å². The summed E-state index contributed by atoms with van der Waals surface area (Å²) in [5, 5.41) is 14.2. The molecule has 5 rings (SSSR count). The number of fused-ring (bicyclic) bond motifs is 2. The van der Waals surface area contributed by atoms with Crippen LogP contribution in [0.2, 0.25) is 0 Å². The van der Waals surface area contributed by atoms with Crippen LogP contribution in [0.1, 0.15) is 55.1 Å². The molecule has 0 saturated carbocycles. The summed E-state index contributed by atoms with van der Waals surface area (Å²) in [5.74, 6) is -0.442. The quantitative estimate of drug-likeness (QED) is 0.234. The van der Waals surface area contributed by atoms with Gasteiger partial charge in [0.15, 0.2) is 5.78 Å². The summed E-state index contributed by atoms with van der Waals surface area (Å²) in [6.45, 7) is 4.96. The van der Waals surface area contributed by atoms with Crippen LogP contribution in [0.15, 0.2) is 54.0 Å². The van der Waals surface area contributed by atoms with Crippen LogP contribution in [-0.2, 0) is 14.3 Å². The first-order chi connectivity index (χ1) is 17.9. The Morgan fingerprint density at radius 1 is 1.24 bits per heavy atom. The summed E-state index contributed by atoms with van der Waals surface area (Å²) in [5.41, 5.74) is 1.32. The lowest BCUT2D eigenvalue weighted by atomic mass is 9.77. The summed E-state index contributed by atoms with van der Waals surface area (Å²) in [6.07, 6.45) is 3.14. The second-order valence-electron chi connectivity index (χ2n) is 9.50. The number of carbonyl (C=O) groups excluding carboxylic acids is 3. The molecule has 1 saturated heterocycles. The van der Waals surface area contributed by atoms with Gasteiger partial charge < -0.3 is 15.0 Å². The van der Waals surface area contributed by atoms with Crippen molar-refractivity contribution in [3.05, 3.63) is 65.2 Å². The van der Waals surface area contributed by atoms with Gasteiger partial charge in [0.2, 0.25) is 0 Å². The van der Waals surface area contributed by atoms with E-state index in [9.17, 15) is 14.4 Å². The third-order valence-electron chi connectivity index (χ3n) is 7.18. The number of ether oxygens (including phenoxy) is 1. The van der Waals surface area contributed by atoms with Gasteiger partial charge in [0.05, 0.1) is 29.9 Å². The maximum atomic E-state index is 14.1. The molecule has 1 aliphatic heterocycles. The van der Waals surface area contributed by atoms with E-state index >= 15 is 0 Å². The molecule has 2 unspecified atom stereocenters. The van der Waals surface area contributed by atoms with Crippen LogP contribution in [0.4, 0.5) is 0 Å². The van der Waals surface area contributed by atoms with Gasteiger partial charge in [-0.25, -0.2) is 0 Å². The molecule has 0 aliphatic carbocycles. The lowest BCUT2D eigenvalue weighted by Crippen LogP contribution is -2.66. The minimum atomic E-state index is -0.943. The lowest BCUT2D eigenvalue weighted by molar-refractivity contribution is -0.143. The van der Waals surface area contributed by atoms with Gasteiger partial charge in [-0.3, -0.25) is 19.5 Å². The van der Waals surface area contributed by atoms with Gasteiger partial charge in [0, 0.05) is 33.8 Å². The van der Waals surface area contributed by atoms with E-state index in [1.807, 2.05) is 54.8 Å². The lowest BCUT2D eigenvalue weighted by Gasteiger charge is -2.50. The topological polar surface area (TPSA) is 104 Å². The van der Waals surface area contributed by atoms with Gasteiger partial charge in [0.1, 0.15) is 5.54 Å². The Hall–Kier alpha value is -3.56. The van der Waals surface area contributed by atoms with Gasteiger partial charge in [-0.05, 0) is 50.9 Å². The van der Waals surface area contributed by atoms with E-state index in [1.165, 1.54) is 11.3 Å². The first kappa shape index (κ1) is 25.1. The smallest absolute Gasteiger partial charge is 0.305 e. The van der Waals surface area contributed by atoms with Crippen LogP contribution in [0, 0.1) is 0 Å². The van der Waals surface area contributed by atoms with E-state index in [2.05, 4.69) is 15.5 Å². The number of thiophene rings is 1. The fourth-order valence-corrected chi connectivity index (χ4v) is 5.88. The zero-order valence-corrected chi connectivity index (χ0v) is 21.8. The largest absolute Gasteiger partial charge is 0.466 e. The molecule has 9 heteroatoms. The molecule has 1 fully saturated rings. The van der Waals surface area contributed by atoms with Crippen molar-refractivity contribution in [2.24, 2.45) is 0 Å². The number of nitrogens with one attached hydrogen (secondary N) is 2. The van der Waals surface area contributed by atoms with Crippen molar-refractivity contribution in [1.82, 2.24) is 20.4 Å². The Balaban J connectivity index is 1.39. The predicted molar refractivity (Wildman–Crippen MR) is 144 cm³/mol. The Morgan fingerprint density at radius 2 is 2.08 bits per heavy atom. The van der Waals surface area contributed by atoms with Crippen molar-refractivity contribution in [2.75, 3.05) is 19.7 Å². The summed E-state index contributed by atoms with van der Waals surface area (Å²) >= 11 is 1.54. The standard InChI is InChI=1S/C28H30N4O4S/c1-3-36-24(33)9-6-13-29-25(18-10-11-19-16-30-31-22(19)15-18)26(34)28(2)12-14-32(28)27(35)21-17-37-23-8-5-4-7-20(21)23/h4-5,7-8,10-11,15-17,25,29H,3,6,9,12-14H2,1-2H3,(H,30,31). The molecule has 4 aromatic rings. The number of likely N-dealkylation sites (tertiary alicyclic amines) is 1. The number of ketones is 1. The van der Waals surface area contributed by atoms with Crippen LogP contribution in [0.3, 0.4) is 0 Å². The molecular weight excluding hydrogens is 488 g/mol. The Kier molecular flexibility index (Phi) is 7.08. The Bertz CT molecular complexity index is 1460. The van der Waals surface area contributed by atoms with Gasteiger partial charge in [0.25, 0.3) is 5.91 Å². The number of rotatable bonds is 10. The molecule has 0 bridgehead atoms. The number of benzene rings is 2. The molecule has 2 N–H and O–H groups in total. The van der Waals surface area contributed by atoms with Crippen LogP contribution >= 0.6 is 11.3 Å². The van der Waals surface area contributed by atoms with E-state index in [4.69, 9.17) is 4.74 Å². The summed E-state index contributed by atoms with van der Waals surface area (Å²) < 4.78 is 6.07. The monoisotopic (exact) mass is 518 g/mol. The second-order valence-corrected chi connectivity index (χ2v) is 10.4. The van der Waals surface area contributed by atoms with Gasteiger partial charge >= 0.3 is 5.97 Å². The van der Waals surface area contributed by atoms with Crippen LogP contribution in [-0.4, -0.2) is 58.0 Å². The van der Waals surface area contributed by atoms with E-state index in [-0.39, 0.29) is 24.1 Å². The van der Waals surface area contributed by atoms with Crippen molar-refractivity contribution in [2.45, 2.75) is 44.7 Å². The average molecular weight is 519 g/mol. The molecule has 3 heterocycles. The number of carbonyl (C=O) groups is 3. The molecule has 2 aromatic carbocycles. The molecule has 2 aromatic heterocycles. The number of amides is 1. The highest BCUT2D eigenvalue weighted by atomic mass is 32.1. The number of H-pyrrole nitrogens is 1. The highest BCUT2D eigenvalue weighted by Crippen LogP contribution is 2.39. The number of hydrogen-bond acceptors (Lipinski definition) is 7. The molecule has 37 heavy (non-hydrogen) atoms. The second kappa shape index (κ2) is 10.4. The highest BCUT2D eigenvalue weighted by Gasteiger charge is 2.51. The van der Waals surface area contributed by atoms with E-state index < -0.39 is 11.6 Å². The average Bonchev–Trinajstić information content (AvgIpc) is 3.54. The first-order valence-electron chi connectivity index (χ1n) is 12.6. The number of Topliss-reactive ketones (excluding diaryl/α,β-unsaturated/α-hetero) is 1. The number of hydrogen-bond donors (Lipinski definition) is 2. The zero-order valence-electron chi connectivity index (χ0n) is 21.0. The van der Waals surface area contributed by atoms with Crippen molar-refractivity contribution < 1.29 is 19.1 Å². The molecule has 1 aliphatic rings. The minimum Gasteiger partial charge on any atom is -0.466 e. The van der Waals surface area contributed by atoms with E-state index in [1.54, 1.807) is 18.0 Å². The summed E-state index contributed by atoms with van der Waals surface area (Å²) in [6, 6.07) is 13.0. The molecule has 2 atom stereocenters. The van der Waals surface area contributed by atoms with E-state index in [0.717, 1.165) is 26.6 Å². The highest BCUT2D eigenvalue weighted by molar-refractivity contribution is 7.17. The first-order valence-corrected chi connectivity index (χ1v) is 13.4. The zero-order chi connectivity index (χ0) is 26.0. The molecular formula is C28H30N4O4S. The van der Waals surface area contributed by atoms with Crippen LogP contribution in [0.25, 0.3) is 21.0 Å². The minimum absolute atomic E-state index is 0.0679. The van der Waals surface area contributed by atoms with Crippen molar-refractivity contribution in [3.63, 3.8) is 0 Å². The summed E-state index contributed by atoms with van der Waals surface area (Å²) in [4.78, 5) is 41.2. The SMILES string of the molecule is CCOC(=O)CCCNC(C(=O)C1(C)CCN1C(=O)c1csc2ccccc12)c1ccc2cn[nH]c2c1. The van der Waals surface area contributed by atoms with Gasteiger partial charge in [-0.2, -0.15) is 5.10 Å². The molecule has 0 radical (unpaired) electrons. The maximum Gasteiger partial charge on any atom is 0.305 e. The number of aromatic amines is 1. The third-order valence-corrected chi connectivity index (χ3v) is 8.14. The predicted octanol–water partition coefficient (Wildman–Crippen LogP) is 4.63. The van der Waals surface area contributed by atoms with Crippen molar-refractivity contribution in [1.29, 1.82) is 0 Å². The van der Waals surface area contributed by atoms with Gasteiger partial charge in [-0.1, -0.05) is 30.3 Å². The summed E-state index contributed by atoms with van der Waals surface area (Å²) in [7, 11) is 0. The fraction of sp³-hybridized carbons (Fsp3) is 0.357. The fourth-order valence-electron chi connectivity index (χ4n) is 4.95. The number of nitrogens with zero attached hydrogens (tertiary/aromatic N) is 2. The molecule has 1 amide bonds. The molecule has 0 spiro atoms.